The van der Waals surface area contributed by atoms with Crippen molar-refractivity contribution in [2.45, 2.75) is 277 Å². The van der Waals surface area contributed by atoms with E-state index >= 15 is 0 Å². The summed E-state index contributed by atoms with van der Waals surface area (Å²) in [7, 11) is 0. The topological polar surface area (TPSA) is 78.9 Å². The number of allylic oxidation sites excluding steroid dienone is 24. The predicted molar refractivity (Wildman–Crippen MR) is 339 cm³/mol. The number of carbonyl (C=O) groups excluding carboxylic acids is 3. The first-order valence-corrected chi connectivity index (χ1v) is 31.8. The lowest BCUT2D eigenvalue weighted by Gasteiger charge is -2.18. The second kappa shape index (κ2) is 64.8. The van der Waals surface area contributed by atoms with Crippen LogP contribution in [0.1, 0.15) is 271 Å². The summed E-state index contributed by atoms with van der Waals surface area (Å²) in [5, 5.41) is 0. The van der Waals surface area contributed by atoms with Crippen molar-refractivity contribution in [3.05, 3.63) is 146 Å². The summed E-state index contributed by atoms with van der Waals surface area (Å²) in [6.07, 6.45) is 93.1. The second-order valence-electron chi connectivity index (χ2n) is 20.6. The standard InChI is InChI=1S/C72H116O6/c1-4-7-10-13-16-19-22-25-28-31-34-35-36-39-41-44-47-50-53-56-59-62-65-71(74)77-68-69(78-72(75)66-63-60-57-54-51-48-45-42-38-33-30-27-24-21-18-15-12-9-6-3)67-76-70(73)64-61-58-55-52-49-46-43-40-37-32-29-26-23-20-17-14-11-8-5-2/h8-9,11-12,17-18,20-21,26-27,29-30,37-38,40,42,46,48-49,51,55,57-58,60,69H,4-7,10,13-16,19,22-25,28,31-36,39,41,43-45,47,50,52-54,56,59,61-68H2,1-3H3/b11-8-,12-9-,20-17-,21-18-,29-26-,30-27-,40-37-,42-38-,49-46-,51-48-,58-55-,60-57-. The van der Waals surface area contributed by atoms with Crippen molar-refractivity contribution in [3.8, 4) is 0 Å². The van der Waals surface area contributed by atoms with E-state index in [0.29, 0.717) is 19.3 Å². The van der Waals surface area contributed by atoms with Crippen LogP contribution in [-0.4, -0.2) is 37.2 Å². The number of unbranched alkanes of at least 4 members (excludes halogenated alkanes) is 21. The Balaban J connectivity index is 4.56. The summed E-state index contributed by atoms with van der Waals surface area (Å²) in [5.74, 6) is -1.11. The normalized spacial score (nSPS) is 13.1. The molecular formula is C72H116O6. The van der Waals surface area contributed by atoms with Crippen molar-refractivity contribution in [2.24, 2.45) is 0 Å². The van der Waals surface area contributed by atoms with E-state index < -0.39 is 12.1 Å². The molecule has 0 spiro atoms. The van der Waals surface area contributed by atoms with E-state index in [4.69, 9.17) is 14.2 Å². The molecule has 0 bridgehead atoms. The molecule has 0 saturated carbocycles. The molecule has 6 nitrogen and oxygen atoms in total. The van der Waals surface area contributed by atoms with Gasteiger partial charge in [0.1, 0.15) is 13.2 Å². The highest BCUT2D eigenvalue weighted by Crippen LogP contribution is 2.16. The van der Waals surface area contributed by atoms with Crippen LogP contribution in [0.3, 0.4) is 0 Å². The molecule has 0 aromatic heterocycles. The van der Waals surface area contributed by atoms with Gasteiger partial charge >= 0.3 is 17.9 Å². The average molecular weight is 1080 g/mol. The largest absolute Gasteiger partial charge is 0.462 e. The Labute approximate surface area is 480 Å². The third-order valence-electron chi connectivity index (χ3n) is 13.1. The maximum absolute atomic E-state index is 12.9. The Hall–Kier alpha value is -4.71. The zero-order valence-corrected chi connectivity index (χ0v) is 50.4. The van der Waals surface area contributed by atoms with Gasteiger partial charge in [0.2, 0.25) is 0 Å². The van der Waals surface area contributed by atoms with Crippen molar-refractivity contribution >= 4 is 17.9 Å². The third kappa shape index (κ3) is 62.1. The van der Waals surface area contributed by atoms with Crippen molar-refractivity contribution in [3.63, 3.8) is 0 Å². The number of hydrogen-bond donors (Lipinski definition) is 0. The SMILES string of the molecule is CC/C=C\C/C=C\C/C=C\C/C=C\C/C=C\C/C=C\CCC(=O)OCC(COC(=O)CCCCCCCCCCCCCCCCCCCCCCCC)OC(=O)CC/C=C\C/C=C\C/C=C\C/C=C\C/C=C\C/C=C\CC. The zero-order chi connectivity index (χ0) is 56.4. The fraction of sp³-hybridized carbons (Fsp3) is 0.625. The van der Waals surface area contributed by atoms with Crippen molar-refractivity contribution in [1.29, 1.82) is 0 Å². The number of rotatable bonds is 56. The highest BCUT2D eigenvalue weighted by molar-refractivity contribution is 5.71. The van der Waals surface area contributed by atoms with Gasteiger partial charge in [0.05, 0.1) is 0 Å². The van der Waals surface area contributed by atoms with Gasteiger partial charge in [-0.15, -0.1) is 0 Å². The van der Waals surface area contributed by atoms with Gasteiger partial charge in [0, 0.05) is 19.3 Å². The minimum absolute atomic E-state index is 0.135. The van der Waals surface area contributed by atoms with E-state index in [9.17, 15) is 14.4 Å². The van der Waals surface area contributed by atoms with Crippen molar-refractivity contribution < 1.29 is 28.6 Å². The van der Waals surface area contributed by atoms with E-state index in [1.807, 2.05) is 24.3 Å². The van der Waals surface area contributed by atoms with Gasteiger partial charge in [0.15, 0.2) is 6.10 Å². The third-order valence-corrected chi connectivity index (χ3v) is 13.1. The Morgan fingerprint density at radius 2 is 0.500 bits per heavy atom. The minimum atomic E-state index is -0.855. The molecule has 78 heavy (non-hydrogen) atoms. The van der Waals surface area contributed by atoms with Crippen LogP contribution >= 0.6 is 0 Å². The number of ether oxygens (including phenoxy) is 3. The quantitative estimate of drug-likeness (QED) is 0.0261. The van der Waals surface area contributed by atoms with Gasteiger partial charge in [-0.05, 0) is 96.3 Å². The first-order chi connectivity index (χ1) is 38.5. The number of esters is 3. The van der Waals surface area contributed by atoms with Crippen LogP contribution < -0.4 is 0 Å². The monoisotopic (exact) mass is 1080 g/mol. The Bertz CT molecular complexity index is 1710. The summed E-state index contributed by atoms with van der Waals surface area (Å²) in [5.41, 5.74) is 0. The average Bonchev–Trinajstić information content (AvgIpc) is 3.44. The molecule has 0 amide bonds. The van der Waals surface area contributed by atoms with Gasteiger partial charge in [-0.25, -0.2) is 0 Å². The molecule has 0 N–H and O–H groups in total. The highest BCUT2D eigenvalue weighted by Gasteiger charge is 2.19. The van der Waals surface area contributed by atoms with Crippen LogP contribution in [0.15, 0.2) is 146 Å². The summed E-state index contributed by atoms with van der Waals surface area (Å²) in [6, 6.07) is 0. The summed E-state index contributed by atoms with van der Waals surface area (Å²) >= 11 is 0. The molecule has 1 unspecified atom stereocenters. The van der Waals surface area contributed by atoms with E-state index in [2.05, 4.69) is 142 Å². The van der Waals surface area contributed by atoms with Crippen molar-refractivity contribution in [1.82, 2.24) is 0 Å². The smallest absolute Gasteiger partial charge is 0.306 e. The van der Waals surface area contributed by atoms with Gasteiger partial charge in [-0.2, -0.15) is 0 Å². The van der Waals surface area contributed by atoms with E-state index in [0.717, 1.165) is 96.3 Å². The van der Waals surface area contributed by atoms with Crippen LogP contribution in [0, 0.1) is 0 Å². The zero-order valence-electron chi connectivity index (χ0n) is 50.4. The number of carbonyl (C=O) groups is 3. The van der Waals surface area contributed by atoms with Gasteiger partial charge < -0.3 is 14.2 Å². The fourth-order valence-corrected chi connectivity index (χ4v) is 8.44. The molecule has 0 aliphatic carbocycles. The fourth-order valence-electron chi connectivity index (χ4n) is 8.44. The van der Waals surface area contributed by atoms with E-state index in [1.54, 1.807) is 0 Å². The molecule has 0 fully saturated rings. The molecule has 6 heteroatoms. The second-order valence-corrected chi connectivity index (χ2v) is 20.6. The maximum Gasteiger partial charge on any atom is 0.306 e. The Morgan fingerprint density at radius 1 is 0.269 bits per heavy atom. The summed E-state index contributed by atoms with van der Waals surface area (Å²) in [6.45, 7) is 6.30. The molecule has 0 saturated heterocycles. The Morgan fingerprint density at radius 3 is 0.782 bits per heavy atom. The Kier molecular flexibility index (Phi) is 60.9. The maximum atomic E-state index is 12.9. The van der Waals surface area contributed by atoms with Gasteiger partial charge in [-0.3, -0.25) is 14.4 Å². The van der Waals surface area contributed by atoms with Crippen molar-refractivity contribution in [2.75, 3.05) is 13.2 Å². The first kappa shape index (κ1) is 73.3. The van der Waals surface area contributed by atoms with Gasteiger partial charge in [-0.1, -0.05) is 301 Å². The molecule has 1 atom stereocenters. The van der Waals surface area contributed by atoms with Crippen LogP contribution in [0.2, 0.25) is 0 Å². The van der Waals surface area contributed by atoms with E-state index in [-0.39, 0.29) is 38.0 Å². The molecule has 0 aliphatic heterocycles. The number of hydrogen-bond acceptors (Lipinski definition) is 6. The van der Waals surface area contributed by atoms with Crippen LogP contribution in [0.25, 0.3) is 0 Å². The first-order valence-electron chi connectivity index (χ1n) is 31.8. The molecular weight excluding hydrogens is 961 g/mol. The molecule has 0 rings (SSSR count). The highest BCUT2D eigenvalue weighted by atomic mass is 16.6. The molecule has 0 aliphatic rings. The van der Waals surface area contributed by atoms with Gasteiger partial charge in [0.25, 0.3) is 0 Å². The van der Waals surface area contributed by atoms with Crippen LogP contribution in [0.4, 0.5) is 0 Å². The van der Waals surface area contributed by atoms with Crippen LogP contribution in [-0.2, 0) is 28.6 Å². The lowest BCUT2D eigenvalue weighted by molar-refractivity contribution is -0.166. The predicted octanol–water partition coefficient (Wildman–Crippen LogP) is 21.9. The van der Waals surface area contributed by atoms with E-state index in [1.165, 1.54) is 122 Å². The molecule has 440 valence electrons. The van der Waals surface area contributed by atoms with Crippen LogP contribution in [0.5, 0.6) is 0 Å². The minimum Gasteiger partial charge on any atom is -0.462 e. The molecule has 0 aromatic carbocycles. The lowest BCUT2D eigenvalue weighted by Crippen LogP contribution is -2.30. The molecule has 0 radical (unpaired) electrons. The summed E-state index contributed by atoms with van der Waals surface area (Å²) in [4.78, 5) is 38.3. The summed E-state index contributed by atoms with van der Waals surface area (Å²) < 4.78 is 16.8. The molecule has 0 aromatic rings. The lowest BCUT2D eigenvalue weighted by atomic mass is 10.0. The molecule has 0 heterocycles.